The summed E-state index contributed by atoms with van der Waals surface area (Å²) in [6.07, 6.45) is 0. The average molecular weight is 1980 g/mol. The van der Waals surface area contributed by atoms with Crippen molar-refractivity contribution in [3.8, 4) is 0 Å². The maximum absolute atomic E-state index is 12.6. The average Bonchev–Trinajstić information content (AvgIpc) is 0.956. The second-order valence-electron chi connectivity index (χ2n) is 24.8. The molecule has 692 valence electrons. The molecule has 1 aliphatic rings. The number of aliphatic carboxylic acids is 1. The smallest absolute Gasteiger partial charge is 0.485 e. The van der Waals surface area contributed by atoms with Crippen LogP contribution in [0.3, 0.4) is 0 Å². The summed E-state index contributed by atoms with van der Waals surface area (Å²) >= 11 is 4.22. The van der Waals surface area contributed by atoms with Gasteiger partial charge in [0.1, 0.15) is 41.2 Å². The Morgan fingerprint density at radius 2 is 0.738 bits per heavy atom. The molecule has 10 aromatic rings. The predicted molar refractivity (Wildman–Crippen MR) is 409 cm³/mol. The van der Waals surface area contributed by atoms with E-state index in [9.17, 15) is 146 Å². The molecule has 0 saturated carbocycles. The molecule has 10 aromatic carbocycles. The summed E-state index contributed by atoms with van der Waals surface area (Å²) in [5.41, 5.74) is -1.82. The molecule has 0 radical (unpaired) electrons. The number of hydrogen-bond acceptors (Lipinski definition) is 27. The number of aryl methyl sites for hydroxylation is 1. The van der Waals surface area contributed by atoms with Crippen molar-refractivity contribution < 1.29 is 188 Å². The Labute approximate surface area is 721 Å². The number of carboxylic acids is 2. The number of alkyl halides is 3. The fourth-order valence-corrected chi connectivity index (χ4v) is 15.0. The maximum atomic E-state index is 12.6. The Kier molecular flexibility index (Phi) is 42.8. The van der Waals surface area contributed by atoms with E-state index in [0.29, 0.717) is 17.0 Å². The Balaban J connectivity index is 0.000000706. The topological polar surface area (TPSA) is 528 Å². The van der Waals surface area contributed by atoms with E-state index in [1.165, 1.54) is 75.4 Å². The zero-order valence-corrected chi connectivity index (χ0v) is 73.0. The summed E-state index contributed by atoms with van der Waals surface area (Å²) in [5.74, 6) is -17.0. The fourth-order valence-electron chi connectivity index (χ4n) is 8.71. The standard InChI is InChI=1S/C18H15S.C15H24O3S.C8H6O3.C7H5NO3S.C7H8O3S.C7H6O2.C6HF5O3S.C6H6O2S2.CHF3O3S.ClHO4.F6P/c1-4-10-16(11-5-1)19(17-12-6-2-7-13-17)18-14-8-3-9-15-18;1-9(2)12-7-13(10(3)4)15(19(16,17)18)14(8-12)11(5)6;9-7(8(10)11)6-4-2-1-3-5-6;9-7-5-3-1-2-4-6(5)12(10,11)8-7;1-6-2-4-7(5-3-6)11(8,9)10;8-7(9)6-4-2-1-3-5-6;7-1-2(8)4(10)6(15(12,13)14)5(11)3(1)9;7-10(8,9)6-4-2-1-3-5-6;2-1(3,4)8(5,6)7;2-1(3,4)5;1-7(2,3,4,5)6/h1-15H;7-11H,1-6H3,(H,16,17,18);1-5H,(H,10,11);1-4H,(H,8,9);2-5H,1H3,(H,8,9,10);1-5H,(H,8,9);(H,12,13,14);1-5H,(H,7,8,9);(H,5,6,7);(H,2,3,4,5);/q+1;;;;;;;;;;-1/p-9. The fraction of sp³-hybridized carbons (Fsp3) is 0.147. The number of Topliss-reactive ketones (excluding diaryl/α,β-unsaturated/α-hetero) is 1. The number of carboxylic acid groups (broad SMARTS) is 2. The van der Waals surface area contributed by atoms with Crippen molar-refractivity contribution in [3.05, 3.63) is 311 Å². The number of carbonyl (C=O) groups is 3. The molecule has 0 N–H and O–H groups in total. The molecule has 1 unspecified atom stereocenters. The molecule has 1 aliphatic heterocycles. The van der Waals surface area contributed by atoms with Gasteiger partial charge in [-0.25, -0.2) is 74.3 Å². The molecule has 1 heterocycles. The number of ketones is 1. The molecule has 27 nitrogen and oxygen atoms in total. The van der Waals surface area contributed by atoms with Gasteiger partial charge in [-0.2, -0.15) is 26.0 Å². The predicted octanol–water partition coefficient (Wildman–Crippen LogP) is 9.69. The summed E-state index contributed by atoms with van der Waals surface area (Å²) in [4.78, 5) is 32.5. The number of benzene rings is 10. The Morgan fingerprint density at radius 1 is 0.444 bits per heavy atom. The van der Waals surface area contributed by atoms with Gasteiger partial charge in [0, 0.05) is 21.9 Å². The zero-order valence-electron chi connectivity index (χ0n) is 64.8. The minimum atomic E-state index is -10.7. The Hall–Kier alpha value is -9.87. The first-order chi connectivity index (χ1) is 57.1. The first kappa shape index (κ1) is 114. The molecule has 0 bridgehead atoms. The van der Waals surface area contributed by atoms with Crippen LogP contribution >= 0.6 is 7.81 Å². The number of rotatable bonds is 13. The molecular weight excluding hydrogens is 1920 g/mol. The number of sulfonamides is 1. The van der Waals surface area contributed by atoms with Crippen molar-refractivity contribution in [1.29, 1.82) is 0 Å². The molecule has 51 heteroatoms. The Morgan fingerprint density at radius 3 is 0.992 bits per heavy atom. The van der Waals surface area contributed by atoms with Gasteiger partial charge in [-0.05, 0) is 134 Å². The van der Waals surface area contributed by atoms with Crippen molar-refractivity contribution in [2.75, 3.05) is 0 Å². The molecule has 0 fully saturated rings. The van der Waals surface area contributed by atoms with Crippen LogP contribution in [0.1, 0.15) is 108 Å². The number of halogens is 15. The molecular formula is C75H64ClF14NO26PS8-9. The van der Waals surface area contributed by atoms with Gasteiger partial charge in [-0.3, -0.25) is 9.00 Å². The first-order valence-electron chi connectivity index (χ1n) is 33.5. The number of fused-ring (bicyclic) bond motifs is 1. The molecule has 1 atom stereocenters. The van der Waals surface area contributed by atoms with E-state index in [2.05, 4.69) is 120 Å². The first-order valence-corrected chi connectivity index (χ1v) is 47.5. The molecule has 0 amide bonds. The number of nitrogens with zero attached hydrogens (tertiary/aromatic N) is 1. The molecule has 0 spiro atoms. The molecule has 126 heavy (non-hydrogen) atoms. The third kappa shape index (κ3) is 43.6. The van der Waals surface area contributed by atoms with Crippen molar-refractivity contribution >= 4 is 113 Å². The summed E-state index contributed by atoms with van der Waals surface area (Å²) in [5, 5.41) is 31.1. The van der Waals surface area contributed by atoms with Crippen LogP contribution in [0.2, 0.25) is 0 Å². The van der Waals surface area contributed by atoms with Gasteiger partial charge < -0.3 is 47.7 Å². The van der Waals surface area contributed by atoms with Crippen LogP contribution in [0.15, 0.2) is 286 Å². The van der Waals surface area contributed by atoms with Gasteiger partial charge in [0.15, 0.2) is 48.1 Å². The molecule has 11 rings (SSSR count). The van der Waals surface area contributed by atoms with E-state index >= 15 is 0 Å². The second kappa shape index (κ2) is 47.3. The van der Waals surface area contributed by atoms with Gasteiger partial charge in [-0.15, -0.1) is 10.2 Å². The third-order valence-electron chi connectivity index (χ3n) is 14.1. The van der Waals surface area contributed by atoms with Gasteiger partial charge >= 0.3 is 38.5 Å². The number of hydrogen-bond donors (Lipinski definition) is 0. The molecule has 0 saturated heterocycles. The minimum Gasteiger partial charge on any atom is -0.858 e. The van der Waals surface area contributed by atoms with Crippen molar-refractivity contribution in [2.45, 2.75) is 111 Å². The van der Waals surface area contributed by atoms with E-state index in [1.54, 1.807) is 78.9 Å². The SMILES string of the molecule is CC(C)c1cc(C(C)C)c(S(=O)(=O)[O-])c(C(C)C)c1.Cc1ccc(S(=O)(=O)[O-])cc1.F[P-](F)(F)(F)(F)F.O=C([O-])C(=O)c1ccccc1.O=C([O-])c1ccccc1.O=S(=O)([O-])C(F)(F)F.O=S(=O)([O-])c1c(F)c(F)c(F)c(F)c1F.O=S([O-])(=S)c1ccccc1.O=S1(=O)N=C([O-])c2ccccc21.[O-][Cl+3]([O-])([O-])[O-].c1ccc([S+](c2ccccc2)c2ccccc2)cc1. The summed E-state index contributed by atoms with van der Waals surface area (Å²) < 4.78 is 357. The van der Waals surface area contributed by atoms with E-state index in [4.69, 9.17) is 31.6 Å². The summed E-state index contributed by atoms with van der Waals surface area (Å²) in [7, 11) is -43.3. The van der Waals surface area contributed by atoms with Crippen LogP contribution in [-0.2, 0) is 86.1 Å². The molecule has 0 aliphatic carbocycles. The van der Waals surface area contributed by atoms with Crippen LogP contribution in [0, 0.1) is 46.3 Å². The number of carbonyl (C=O) groups excluding carboxylic acids is 3. The van der Waals surface area contributed by atoms with E-state index in [-0.39, 0.29) is 59.0 Å². The van der Waals surface area contributed by atoms with Crippen molar-refractivity contribution in [3.63, 3.8) is 0 Å². The van der Waals surface area contributed by atoms with Gasteiger partial charge in [-0.1, -0.05) is 223 Å². The van der Waals surface area contributed by atoms with E-state index < -0.39 is 140 Å². The largest absolute Gasteiger partial charge is 0.858 e. The quantitative estimate of drug-likeness (QED) is 0.0119. The summed E-state index contributed by atoms with van der Waals surface area (Å²) in [6.45, 7) is 13.6. The normalized spacial score (nSPS) is 13.0. The third-order valence-corrected chi connectivity index (χ3v) is 22.4. The Bertz CT molecular complexity index is 5900. The number of aromatic carboxylic acids is 1. The van der Waals surface area contributed by atoms with Crippen molar-refractivity contribution in [1.82, 2.24) is 0 Å². The van der Waals surface area contributed by atoms with Gasteiger partial charge in [0.2, 0.25) is 11.6 Å². The summed E-state index contributed by atoms with van der Waals surface area (Å²) in [6, 6.07) is 71.4. The maximum Gasteiger partial charge on any atom is 0.485 e. The van der Waals surface area contributed by atoms with E-state index in [1.807, 2.05) is 46.8 Å². The van der Waals surface area contributed by atoms with Gasteiger partial charge in [0.05, 0.1) is 31.6 Å². The van der Waals surface area contributed by atoms with Crippen LogP contribution in [-0.4, -0.2) is 98.2 Å². The van der Waals surface area contributed by atoms with Crippen LogP contribution < -0.4 is 34.0 Å². The monoisotopic (exact) mass is 1980 g/mol. The van der Waals surface area contributed by atoms with Crippen molar-refractivity contribution in [2.24, 2.45) is 4.40 Å². The van der Waals surface area contributed by atoms with Gasteiger partial charge in [0.25, 0.3) is 10.0 Å². The van der Waals surface area contributed by atoms with Crippen LogP contribution in [0.25, 0.3) is 0 Å². The second-order valence-corrected chi connectivity index (χ2v) is 39.2. The zero-order chi connectivity index (χ0) is 97.6. The minimum absolute atomic E-state index is 0.00919. The van der Waals surface area contributed by atoms with Crippen LogP contribution in [0.5, 0.6) is 0 Å². The van der Waals surface area contributed by atoms with Crippen LogP contribution in [0.4, 0.5) is 60.3 Å². The molecule has 0 aromatic heterocycles. The van der Waals surface area contributed by atoms with E-state index in [0.717, 1.165) is 11.1 Å².